The third kappa shape index (κ3) is 5.43. The van der Waals surface area contributed by atoms with E-state index in [0.717, 1.165) is 28.1 Å². The van der Waals surface area contributed by atoms with E-state index in [1.165, 1.54) is 12.6 Å². The van der Waals surface area contributed by atoms with Gasteiger partial charge in [-0.15, -0.1) is 0 Å². The fourth-order valence-electron chi connectivity index (χ4n) is 3.51. The van der Waals surface area contributed by atoms with Crippen LogP contribution in [-0.2, 0) is 16.6 Å². The van der Waals surface area contributed by atoms with Gasteiger partial charge < -0.3 is 5.32 Å². The Morgan fingerprint density at radius 3 is 2.31 bits per heavy atom. The minimum absolute atomic E-state index is 0.00811. The van der Waals surface area contributed by atoms with E-state index >= 15 is 0 Å². The highest BCUT2D eigenvalue weighted by atomic mass is 32.2. The van der Waals surface area contributed by atoms with E-state index in [1.807, 2.05) is 65.5 Å². The molecule has 7 heteroatoms. The largest absolute Gasteiger partial charge is 0.383 e. The summed E-state index contributed by atoms with van der Waals surface area (Å²) in [5, 5.41) is 8.06. The van der Waals surface area contributed by atoms with E-state index in [-0.39, 0.29) is 5.75 Å². The maximum atomic E-state index is 11.8. The standard InChI is InChI=1S/C25H26N4O2S/c1-26-32(30,31)17-15-27-24-13-12-22(21-10-6-3-7-11-21)18-23(24)25-14-16-29(28-25)19-20-8-4-2-5-9-20/h2-14,16,18,26-27H,15,17,19H2,1H3. The van der Waals surface area contributed by atoms with Crippen LogP contribution in [0.15, 0.2) is 91.1 Å². The lowest BCUT2D eigenvalue weighted by Crippen LogP contribution is -2.26. The van der Waals surface area contributed by atoms with E-state index in [0.29, 0.717) is 13.1 Å². The van der Waals surface area contributed by atoms with Crippen LogP contribution in [0.2, 0.25) is 0 Å². The molecule has 0 unspecified atom stereocenters. The number of hydrogen-bond donors (Lipinski definition) is 2. The summed E-state index contributed by atoms with van der Waals surface area (Å²) in [5.74, 6) is -0.00811. The summed E-state index contributed by atoms with van der Waals surface area (Å²) in [4.78, 5) is 0. The number of nitrogens with one attached hydrogen (secondary N) is 2. The van der Waals surface area contributed by atoms with E-state index in [9.17, 15) is 8.42 Å². The van der Waals surface area contributed by atoms with Crippen molar-refractivity contribution in [1.29, 1.82) is 0 Å². The summed E-state index contributed by atoms with van der Waals surface area (Å²) in [5.41, 5.74) is 5.97. The Balaban J connectivity index is 1.64. The van der Waals surface area contributed by atoms with Gasteiger partial charge in [0.15, 0.2) is 0 Å². The number of benzene rings is 3. The molecule has 0 radical (unpaired) electrons. The molecule has 0 saturated carbocycles. The number of anilines is 1. The molecule has 0 spiro atoms. The first-order chi connectivity index (χ1) is 15.5. The second-order valence-corrected chi connectivity index (χ2v) is 9.51. The van der Waals surface area contributed by atoms with E-state index in [1.54, 1.807) is 0 Å². The minimum Gasteiger partial charge on any atom is -0.383 e. The summed E-state index contributed by atoms with van der Waals surface area (Å²) in [7, 11) is -1.86. The Morgan fingerprint density at radius 1 is 0.875 bits per heavy atom. The molecule has 0 amide bonds. The summed E-state index contributed by atoms with van der Waals surface area (Å²) in [6.45, 7) is 0.980. The fourth-order valence-corrected chi connectivity index (χ4v) is 4.08. The maximum absolute atomic E-state index is 11.8. The molecule has 32 heavy (non-hydrogen) atoms. The number of aromatic nitrogens is 2. The Morgan fingerprint density at radius 2 is 1.59 bits per heavy atom. The normalized spacial score (nSPS) is 11.4. The number of hydrogen-bond acceptors (Lipinski definition) is 4. The molecule has 0 aliphatic heterocycles. The first kappa shape index (κ1) is 21.8. The molecule has 0 bridgehead atoms. The van der Waals surface area contributed by atoms with Crippen LogP contribution < -0.4 is 10.0 Å². The highest BCUT2D eigenvalue weighted by Gasteiger charge is 2.13. The van der Waals surface area contributed by atoms with Gasteiger partial charge in [0.25, 0.3) is 0 Å². The first-order valence-corrected chi connectivity index (χ1v) is 12.1. The van der Waals surface area contributed by atoms with Crippen LogP contribution in [0.1, 0.15) is 5.56 Å². The summed E-state index contributed by atoms with van der Waals surface area (Å²) < 4.78 is 27.8. The van der Waals surface area contributed by atoms with Crippen LogP contribution in [0.4, 0.5) is 5.69 Å². The van der Waals surface area contributed by atoms with Gasteiger partial charge in [0.1, 0.15) is 0 Å². The second kappa shape index (κ2) is 9.80. The van der Waals surface area contributed by atoms with Gasteiger partial charge >= 0.3 is 0 Å². The van der Waals surface area contributed by atoms with Gasteiger partial charge in [0, 0.05) is 24.0 Å². The zero-order chi connectivity index (χ0) is 22.4. The molecule has 2 N–H and O–H groups in total. The molecule has 0 saturated heterocycles. The van der Waals surface area contributed by atoms with Gasteiger partial charge in [0.2, 0.25) is 10.0 Å². The Hall–Kier alpha value is -3.42. The molecule has 4 aromatic rings. The van der Waals surface area contributed by atoms with Gasteiger partial charge in [0.05, 0.1) is 18.0 Å². The molecule has 0 atom stereocenters. The van der Waals surface area contributed by atoms with Crippen molar-refractivity contribution in [2.75, 3.05) is 24.7 Å². The second-order valence-electron chi connectivity index (χ2n) is 7.46. The van der Waals surface area contributed by atoms with Crippen molar-refractivity contribution >= 4 is 15.7 Å². The molecule has 164 valence electrons. The summed E-state index contributed by atoms with van der Waals surface area (Å²) in [6, 6.07) is 28.5. The Bertz CT molecular complexity index is 1270. The lowest BCUT2D eigenvalue weighted by atomic mass is 10.00. The molecule has 1 aromatic heterocycles. The van der Waals surface area contributed by atoms with E-state index in [4.69, 9.17) is 5.10 Å². The van der Waals surface area contributed by atoms with Crippen molar-refractivity contribution in [1.82, 2.24) is 14.5 Å². The summed E-state index contributed by atoms with van der Waals surface area (Å²) in [6.07, 6.45) is 1.97. The van der Waals surface area contributed by atoms with Gasteiger partial charge in [-0.1, -0.05) is 66.7 Å². The van der Waals surface area contributed by atoms with Crippen LogP contribution in [0.5, 0.6) is 0 Å². The molecule has 4 rings (SSSR count). The first-order valence-electron chi connectivity index (χ1n) is 10.5. The lowest BCUT2D eigenvalue weighted by molar-refractivity contribution is 0.588. The smallest absolute Gasteiger partial charge is 0.213 e. The summed E-state index contributed by atoms with van der Waals surface area (Å²) >= 11 is 0. The molecular formula is C25H26N4O2S. The zero-order valence-electron chi connectivity index (χ0n) is 17.9. The van der Waals surface area contributed by atoms with Crippen LogP contribution in [0.25, 0.3) is 22.4 Å². The van der Waals surface area contributed by atoms with Crippen LogP contribution in [0.3, 0.4) is 0 Å². The number of nitrogens with zero attached hydrogens (tertiary/aromatic N) is 2. The van der Waals surface area contributed by atoms with Crippen molar-refractivity contribution in [3.8, 4) is 22.4 Å². The molecule has 3 aromatic carbocycles. The van der Waals surface area contributed by atoms with Crippen LogP contribution in [-0.4, -0.2) is 37.5 Å². The molecule has 0 fully saturated rings. The average Bonchev–Trinajstić information content (AvgIpc) is 3.28. The van der Waals surface area contributed by atoms with Crippen molar-refractivity contribution in [3.05, 3.63) is 96.7 Å². The number of rotatable bonds is 9. The molecular weight excluding hydrogens is 420 g/mol. The highest BCUT2D eigenvalue weighted by Crippen LogP contribution is 2.32. The predicted molar refractivity (Wildman–Crippen MR) is 130 cm³/mol. The van der Waals surface area contributed by atoms with Crippen molar-refractivity contribution in [3.63, 3.8) is 0 Å². The monoisotopic (exact) mass is 446 g/mol. The predicted octanol–water partition coefficient (Wildman–Crippen LogP) is 4.23. The molecule has 0 aliphatic carbocycles. The van der Waals surface area contributed by atoms with Crippen molar-refractivity contribution < 1.29 is 8.42 Å². The topological polar surface area (TPSA) is 76.0 Å². The number of sulfonamides is 1. The quantitative estimate of drug-likeness (QED) is 0.404. The minimum atomic E-state index is -3.28. The van der Waals surface area contributed by atoms with Gasteiger partial charge in [-0.25, -0.2) is 13.1 Å². The van der Waals surface area contributed by atoms with E-state index in [2.05, 4.69) is 40.4 Å². The SMILES string of the molecule is CNS(=O)(=O)CCNc1ccc(-c2ccccc2)cc1-c1ccn(Cc2ccccc2)n1. The molecule has 6 nitrogen and oxygen atoms in total. The van der Waals surface area contributed by atoms with Crippen molar-refractivity contribution in [2.24, 2.45) is 0 Å². The van der Waals surface area contributed by atoms with Gasteiger partial charge in [-0.2, -0.15) is 5.10 Å². The third-order valence-electron chi connectivity index (χ3n) is 5.23. The zero-order valence-corrected chi connectivity index (χ0v) is 18.7. The maximum Gasteiger partial charge on any atom is 0.213 e. The molecule has 1 heterocycles. The van der Waals surface area contributed by atoms with Crippen LogP contribution in [0, 0.1) is 0 Å². The van der Waals surface area contributed by atoms with Crippen LogP contribution >= 0.6 is 0 Å². The Labute approximate surface area is 189 Å². The van der Waals surface area contributed by atoms with Gasteiger partial charge in [-0.05, 0) is 41.9 Å². The molecule has 0 aliphatic rings. The third-order valence-corrected chi connectivity index (χ3v) is 6.59. The lowest BCUT2D eigenvalue weighted by Gasteiger charge is -2.13. The highest BCUT2D eigenvalue weighted by molar-refractivity contribution is 7.89. The van der Waals surface area contributed by atoms with Gasteiger partial charge in [-0.3, -0.25) is 4.68 Å². The Kier molecular flexibility index (Phi) is 6.68. The average molecular weight is 447 g/mol. The van der Waals surface area contributed by atoms with Crippen molar-refractivity contribution in [2.45, 2.75) is 6.54 Å². The fraction of sp³-hybridized carbons (Fsp3) is 0.160. The van der Waals surface area contributed by atoms with E-state index < -0.39 is 10.0 Å².